The van der Waals surface area contributed by atoms with Gasteiger partial charge in [-0.1, -0.05) is 30.3 Å². The summed E-state index contributed by atoms with van der Waals surface area (Å²) in [7, 11) is 2.84. The Labute approximate surface area is 208 Å². The number of allylic oxidation sites excluding steroid dienone is 1. The van der Waals surface area contributed by atoms with E-state index in [-0.39, 0.29) is 29.4 Å². The first-order chi connectivity index (χ1) is 17.8. The summed E-state index contributed by atoms with van der Waals surface area (Å²) in [4.78, 5) is 52.3. The third kappa shape index (κ3) is 5.37. The number of aromatic nitrogens is 4. The molecular formula is C23H22N8O6. The van der Waals surface area contributed by atoms with Crippen LogP contribution in [0.2, 0.25) is 0 Å². The highest BCUT2D eigenvalue weighted by Crippen LogP contribution is 2.17. The lowest BCUT2D eigenvalue weighted by atomic mass is 10.2. The van der Waals surface area contributed by atoms with Gasteiger partial charge in [-0.05, 0) is 23.8 Å². The summed E-state index contributed by atoms with van der Waals surface area (Å²) in [5.74, 6) is -0.477. The van der Waals surface area contributed by atoms with E-state index < -0.39 is 28.0 Å². The zero-order valence-electron chi connectivity index (χ0n) is 19.8. The number of imidazole rings is 1. The van der Waals surface area contributed by atoms with Crippen molar-refractivity contribution in [1.29, 1.82) is 0 Å². The molecule has 0 saturated carbocycles. The summed E-state index contributed by atoms with van der Waals surface area (Å²) in [6.07, 6.45) is 4.12. The van der Waals surface area contributed by atoms with Gasteiger partial charge in [0.05, 0.1) is 6.07 Å². The number of carbonyl (C=O) groups is 1. The van der Waals surface area contributed by atoms with Crippen LogP contribution in [0.3, 0.4) is 0 Å². The SMILES string of the molecule is Cn1c(=O)c2c(nc(NCc3ccccc3)n2CC(=O)N/N=C\C=C\c2ccc([N+](=O)[O-])o2)n(C)c1=O. The molecule has 190 valence electrons. The molecule has 0 unspecified atom stereocenters. The Kier molecular flexibility index (Phi) is 7.09. The van der Waals surface area contributed by atoms with Crippen LogP contribution in [0.5, 0.6) is 0 Å². The molecule has 37 heavy (non-hydrogen) atoms. The number of hydrogen-bond donors (Lipinski definition) is 2. The third-order valence-electron chi connectivity index (χ3n) is 5.35. The largest absolute Gasteiger partial charge is 0.433 e. The van der Waals surface area contributed by atoms with Gasteiger partial charge < -0.3 is 9.73 Å². The summed E-state index contributed by atoms with van der Waals surface area (Å²) in [5.41, 5.74) is 2.37. The van der Waals surface area contributed by atoms with Gasteiger partial charge in [-0.25, -0.2) is 10.2 Å². The van der Waals surface area contributed by atoms with E-state index in [2.05, 4.69) is 20.8 Å². The molecular weight excluding hydrogens is 484 g/mol. The lowest BCUT2D eigenvalue weighted by Gasteiger charge is -2.10. The van der Waals surface area contributed by atoms with E-state index in [9.17, 15) is 24.5 Å². The lowest BCUT2D eigenvalue weighted by molar-refractivity contribution is -0.402. The number of furan rings is 1. The Morgan fingerprint density at radius 1 is 1.16 bits per heavy atom. The second-order valence-corrected chi connectivity index (χ2v) is 7.84. The first-order valence-electron chi connectivity index (χ1n) is 10.9. The molecule has 0 atom stereocenters. The predicted octanol–water partition coefficient (Wildman–Crippen LogP) is 1.36. The van der Waals surface area contributed by atoms with Crippen molar-refractivity contribution >= 4 is 41.2 Å². The summed E-state index contributed by atoms with van der Waals surface area (Å²) in [5, 5.41) is 17.6. The van der Waals surface area contributed by atoms with Crippen LogP contribution < -0.4 is 22.0 Å². The van der Waals surface area contributed by atoms with Crippen LogP contribution in [0.25, 0.3) is 17.2 Å². The van der Waals surface area contributed by atoms with Crippen molar-refractivity contribution in [2.45, 2.75) is 13.1 Å². The molecule has 0 spiro atoms. The number of carbonyl (C=O) groups excluding carboxylic acids is 1. The number of nitro groups is 1. The molecule has 1 aromatic carbocycles. The van der Waals surface area contributed by atoms with Gasteiger partial charge in [0.1, 0.15) is 17.2 Å². The molecule has 0 aliphatic rings. The molecule has 14 nitrogen and oxygen atoms in total. The number of nitrogens with zero attached hydrogens (tertiary/aromatic N) is 6. The van der Waals surface area contributed by atoms with Crippen molar-refractivity contribution < 1.29 is 14.1 Å². The van der Waals surface area contributed by atoms with Crippen LogP contribution in [0.1, 0.15) is 11.3 Å². The fourth-order valence-electron chi connectivity index (χ4n) is 3.51. The number of nitrogens with one attached hydrogen (secondary N) is 2. The second kappa shape index (κ2) is 10.6. The fraction of sp³-hybridized carbons (Fsp3) is 0.174. The monoisotopic (exact) mass is 506 g/mol. The average Bonchev–Trinajstić information content (AvgIpc) is 3.51. The maximum absolute atomic E-state index is 12.9. The topological polar surface area (TPSA) is 172 Å². The highest BCUT2D eigenvalue weighted by atomic mass is 16.6. The molecule has 1 amide bonds. The van der Waals surface area contributed by atoms with Crippen LogP contribution in [-0.4, -0.2) is 35.7 Å². The molecule has 14 heteroatoms. The molecule has 4 rings (SSSR count). The van der Waals surface area contributed by atoms with Crippen molar-refractivity contribution in [2.24, 2.45) is 19.2 Å². The molecule has 3 aromatic heterocycles. The zero-order chi connectivity index (χ0) is 26.5. The number of hydrazone groups is 1. The van der Waals surface area contributed by atoms with Crippen molar-refractivity contribution in [3.8, 4) is 0 Å². The molecule has 0 saturated heterocycles. The number of rotatable bonds is 9. The number of anilines is 1. The number of aryl methyl sites for hydroxylation is 1. The van der Waals surface area contributed by atoms with Gasteiger partial charge in [0, 0.05) is 26.9 Å². The molecule has 4 aromatic rings. The highest BCUT2D eigenvalue weighted by molar-refractivity contribution is 5.83. The molecule has 0 aliphatic heterocycles. The molecule has 0 fully saturated rings. The van der Waals surface area contributed by atoms with Crippen LogP contribution >= 0.6 is 0 Å². The summed E-state index contributed by atoms with van der Waals surface area (Å²) in [6.45, 7) is 0.0560. The van der Waals surface area contributed by atoms with Crippen molar-refractivity contribution in [2.75, 3.05) is 5.32 Å². The van der Waals surface area contributed by atoms with Crippen molar-refractivity contribution in [3.63, 3.8) is 0 Å². The molecule has 3 heterocycles. The quantitative estimate of drug-likeness (QED) is 0.195. The van der Waals surface area contributed by atoms with E-state index in [0.29, 0.717) is 6.54 Å². The van der Waals surface area contributed by atoms with Crippen molar-refractivity contribution in [3.05, 3.63) is 90.8 Å². The van der Waals surface area contributed by atoms with Crippen LogP contribution in [0.4, 0.5) is 11.8 Å². The molecule has 0 radical (unpaired) electrons. The minimum absolute atomic E-state index is 0.0820. The highest BCUT2D eigenvalue weighted by Gasteiger charge is 2.20. The van der Waals surface area contributed by atoms with Gasteiger partial charge in [0.2, 0.25) is 5.95 Å². The van der Waals surface area contributed by atoms with Gasteiger partial charge in [-0.15, -0.1) is 0 Å². The third-order valence-corrected chi connectivity index (χ3v) is 5.35. The second-order valence-electron chi connectivity index (χ2n) is 7.84. The van der Waals surface area contributed by atoms with Crippen molar-refractivity contribution in [1.82, 2.24) is 24.1 Å². The van der Waals surface area contributed by atoms with Gasteiger partial charge in [-0.2, -0.15) is 10.1 Å². The van der Waals surface area contributed by atoms with Crippen LogP contribution in [0.15, 0.2) is 67.6 Å². The molecule has 0 bridgehead atoms. The summed E-state index contributed by atoms with van der Waals surface area (Å²) < 4.78 is 8.56. The van der Waals surface area contributed by atoms with Crippen LogP contribution in [-0.2, 0) is 32.0 Å². The normalized spacial score (nSPS) is 11.5. The first kappa shape index (κ1) is 24.8. The maximum Gasteiger partial charge on any atom is 0.433 e. The van der Waals surface area contributed by atoms with Gasteiger partial charge in [0.15, 0.2) is 11.2 Å². The Balaban J connectivity index is 1.54. The van der Waals surface area contributed by atoms with E-state index in [1.807, 2.05) is 30.3 Å². The Bertz CT molecular complexity index is 1640. The molecule has 0 aliphatic carbocycles. The lowest BCUT2D eigenvalue weighted by Crippen LogP contribution is -2.38. The summed E-state index contributed by atoms with van der Waals surface area (Å²) in [6, 6.07) is 12.1. The summed E-state index contributed by atoms with van der Waals surface area (Å²) >= 11 is 0. The van der Waals surface area contributed by atoms with Gasteiger partial charge >= 0.3 is 11.6 Å². The number of hydrogen-bond acceptors (Lipinski definition) is 9. The Morgan fingerprint density at radius 3 is 2.62 bits per heavy atom. The van der Waals surface area contributed by atoms with Gasteiger partial charge in [0.25, 0.3) is 11.5 Å². The van der Waals surface area contributed by atoms with E-state index in [0.717, 1.165) is 10.1 Å². The standard InChI is InChI=1S/C23H22N8O6/c1-28-20-19(21(33)29(2)23(28)34)30(22(26-20)24-13-15-7-4-3-5-8-15)14-17(32)27-25-12-6-9-16-10-11-18(37-16)31(35)36/h3-12H,13-14H2,1-2H3,(H,24,26)(H,27,32)/b9-6+,25-12-. The number of benzene rings is 1. The van der Waals surface area contributed by atoms with E-state index in [1.54, 1.807) is 0 Å². The minimum atomic E-state index is -0.653. The van der Waals surface area contributed by atoms with Crippen LogP contribution in [0, 0.1) is 10.1 Å². The zero-order valence-corrected chi connectivity index (χ0v) is 19.8. The van der Waals surface area contributed by atoms with Gasteiger partial charge in [-0.3, -0.25) is 33.4 Å². The number of fused-ring (bicyclic) bond motifs is 1. The molecule has 2 N–H and O–H groups in total. The minimum Gasteiger partial charge on any atom is -0.401 e. The Hall–Kier alpha value is -5.27. The predicted molar refractivity (Wildman–Crippen MR) is 135 cm³/mol. The van der Waals surface area contributed by atoms with E-state index in [4.69, 9.17) is 4.42 Å². The average molecular weight is 506 g/mol. The maximum atomic E-state index is 12.9. The Morgan fingerprint density at radius 2 is 1.92 bits per heavy atom. The fourth-order valence-corrected chi connectivity index (χ4v) is 3.51. The number of amides is 1. The van der Waals surface area contributed by atoms with E-state index >= 15 is 0 Å². The first-order valence-corrected chi connectivity index (χ1v) is 10.9. The van der Waals surface area contributed by atoms with E-state index in [1.165, 1.54) is 53.7 Å². The smallest absolute Gasteiger partial charge is 0.401 e.